The Morgan fingerprint density at radius 2 is 1.85 bits per heavy atom. The Morgan fingerprint density at radius 1 is 1.18 bits per heavy atom. The lowest BCUT2D eigenvalue weighted by Gasteiger charge is -2.34. The average molecular weight is 565 g/mol. The summed E-state index contributed by atoms with van der Waals surface area (Å²) in [6, 6.07) is 9.43. The van der Waals surface area contributed by atoms with Crippen LogP contribution in [0, 0.1) is 5.92 Å². The van der Waals surface area contributed by atoms with E-state index in [1.807, 2.05) is 32.7 Å². The van der Waals surface area contributed by atoms with Gasteiger partial charge in [-0.1, -0.05) is 19.1 Å². The molecular formula is C29H39F3N4O4. The summed E-state index contributed by atoms with van der Waals surface area (Å²) in [5.74, 6) is 0.218. The first kappa shape index (κ1) is 31.2. The zero-order valence-electron chi connectivity index (χ0n) is 23.6. The lowest BCUT2D eigenvalue weighted by molar-refractivity contribution is -0.137. The monoisotopic (exact) mass is 564 g/mol. The van der Waals surface area contributed by atoms with Crippen molar-refractivity contribution in [1.29, 1.82) is 0 Å². The summed E-state index contributed by atoms with van der Waals surface area (Å²) in [5, 5.41) is 15.4. The Balaban J connectivity index is 1.85. The van der Waals surface area contributed by atoms with Crippen LogP contribution in [0.3, 0.4) is 0 Å². The molecule has 220 valence electrons. The van der Waals surface area contributed by atoms with Gasteiger partial charge in [0.05, 0.1) is 24.6 Å². The van der Waals surface area contributed by atoms with Crippen molar-refractivity contribution in [2.45, 2.75) is 65.0 Å². The molecule has 2 aromatic carbocycles. The molecule has 3 rings (SSSR count). The second-order valence-corrected chi connectivity index (χ2v) is 10.9. The molecule has 0 saturated heterocycles. The zero-order valence-corrected chi connectivity index (χ0v) is 23.6. The number of benzene rings is 2. The molecule has 8 nitrogen and oxygen atoms in total. The number of carbonyl (C=O) groups is 2. The second kappa shape index (κ2) is 13.4. The van der Waals surface area contributed by atoms with Crippen LogP contribution in [0.1, 0.15) is 44.4 Å². The number of rotatable bonds is 8. The van der Waals surface area contributed by atoms with E-state index in [9.17, 15) is 27.9 Å². The van der Waals surface area contributed by atoms with Crippen molar-refractivity contribution in [1.82, 2.24) is 15.1 Å². The molecule has 0 aromatic heterocycles. The number of aliphatic hydroxyl groups excluding tert-OH is 1. The molecule has 0 aliphatic carbocycles. The third-order valence-corrected chi connectivity index (χ3v) is 6.82. The van der Waals surface area contributed by atoms with Crippen molar-refractivity contribution < 1.29 is 32.6 Å². The van der Waals surface area contributed by atoms with Gasteiger partial charge in [0.25, 0.3) is 0 Å². The van der Waals surface area contributed by atoms with Crippen LogP contribution in [0.15, 0.2) is 42.5 Å². The third kappa shape index (κ3) is 8.59. The lowest BCUT2D eigenvalue weighted by Crippen LogP contribution is -2.47. The number of urea groups is 1. The Kier molecular flexibility index (Phi) is 10.4. The Bertz CT molecular complexity index is 1160. The van der Waals surface area contributed by atoms with Gasteiger partial charge in [-0.3, -0.25) is 9.69 Å². The van der Waals surface area contributed by atoms with E-state index in [4.69, 9.17) is 4.74 Å². The minimum Gasteiger partial charge on any atom is -0.488 e. The highest BCUT2D eigenvalue weighted by Crippen LogP contribution is 2.31. The molecule has 0 unspecified atom stereocenters. The van der Waals surface area contributed by atoms with Crippen LogP contribution in [0.25, 0.3) is 0 Å². The van der Waals surface area contributed by atoms with Crippen LogP contribution in [-0.4, -0.2) is 71.8 Å². The molecule has 40 heavy (non-hydrogen) atoms. The molecule has 1 heterocycles. The number of aliphatic hydroxyl groups is 1. The van der Waals surface area contributed by atoms with Gasteiger partial charge in [0.2, 0.25) is 5.91 Å². The van der Waals surface area contributed by atoms with E-state index in [0.717, 1.165) is 17.7 Å². The number of alkyl halides is 3. The average Bonchev–Trinajstić information content (AvgIpc) is 2.90. The largest absolute Gasteiger partial charge is 0.488 e. The van der Waals surface area contributed by atoms with Crippen LogP contribution in [-0.2, 0) is 23.9 Å². The smallest absolute Gasteiger partial charge is 0.416 e. The van der Waals surface area contributed by atoms with Crippen molar-refractivity contribution in [2.75, 3.05) is 32.1 Å². The first-order chi connectivity index (χ1) is 18.8. The van der Waals surface area contributed by atoms with Crippen LogP contribution < -0.4 is 15.4 Å². The number of fused-ring (bicyclic) bond motifs is 1. The number of likely N-dealkylation sites (N-methyl/N-ethyl adjacent to an activating group) is 1. The number of halogens is 3. The molecule has 0 fully saturated rings. The van der Waals surface area contributed by atoms with Gasteiger partial charge in [0.15, 0.2) is 0 Å². The van der Waals surface area contributed by atoms with Gasteiger partial charge in [-0.05, 0) is 63.7 Å². The SMILES string of the molecule is CC(C)NC(=O)Nc1ccc2c(c1)CC(=O)N([C@H](C)CO)C[C@@H](C)[C@H](CN(C)Cc1ccc(C(F)(F)F)cc1)O2. The van der Waals surface area contributed by atoms with E-state index >= 15 is 0 Å². The molecule has 0 bridgehead atoms. The number of anilines is 1. The van der Waals surface area contributed by atoms with E-state index < -0.39 is 17.8 Å². The van der Waals surface area contributed by atoms with E-state index in [2.05, 4.69) is 10.6 Å². The van der Waals surface area contributed by atoms with E-state index in [1.165, 1.54) is 12.1 Å². The van der Waals surface area contributed by atoms with Crippen LogP contribution >= 0.6 is 0 Å². The normalized spacial score (nSPS) is 18.9. The van der Waals surface area contributed by atoms with E-state index in [-0.39, 0.29) is 43.0 Å². The molecule has 1 aliphatic heterocycles. The first-order valence-electron chi connectivity index (χ1n) is 13.4. The van der Waals surface area contributed by atoms with E-state index in [0.29, 0.717) is 36.6 Å². The summed E-state index contributed by atoms with van der Waals surface area (Å²) in [5.41, 5.74) is 1.15. The summed E-state index contributed by atoms with van der Waals surface area (Å²) in [6.45, 7) is 8.46. The van der Waals surface area contributed by atoms with Crippen molar-refractivity contribution >= 4 is 17.6 Å². The fraction of sp³-hybridized carbons (Fsp3) is 0.517. The van der Waals surface area contributed by atoms with Crippen LogP contribution in [0.4, 0.5) is 23.7 Å². The standard InChI is InChI=1S/C29H39F3N4O4/c1-18(2)33-28(39)34-24-10-11-25-22(12-24)13-27(38)36(20(4)17-37)14-19(3)26(40-25)16-35(5)15-21-6-8-23(9-7-21)29(30,31)32/h6-12,18-20,26,37H,13-17H2,1-5H3,(H2,33,34,39)/t19-,20-,26+/m1/s1. The Labute approximate surface area is 233 Å². The Hall–Kier alpha value is -3.31. The predicted molar refractivity (Wildman–Crippen MR) is 147 cm³/mol. The van der Waals surface area contributed by atoms with Crippen molar-refractivity contribution in [3.05, 3.63) is 59.2 Å². The molecule has 0 radical (unpaired) electrons. The minimum atomic E-state index is -4.39. The highest BCUT2D eigenvalue weighted by molar-refractivity contribution is 5.90. The highest BCUT2D eigenvalue weighted by Gasteiger charge is 2.32. The van der Waals surface area contributed by atoms with Crippen LogP contribution in [0.2, 0.25) is 0 Å². The number of hydrogen-bond donors (Lipinski definition) is 3. The quantitative estimate of drug-likeness (QED) is 0.439. The van der Waals surface area contributed by atoms with Gasteiger partial charge in [0.1, 0.15) is 11.9 Å². The molecule has 3 N–H and O–H groups in total. The predicted octanol–water partition coefficient (Wildman–Crippen LogP) is 4.52. The van der Waals surface area contributed by atoms with Gasteiger partial charge in [-0.25, -0.2) is 4.79 Å². The van der Waals surface area contributed by atoms with Gasteiger partial charge < -0.3 is 25.4 Å². The number of nitrogens with one attached hydrogen (secondary N) is 2. The summed E-state index contributed by atoms with van der Waals surface area (Å²) < 4.78 is 45.3. The number of hydrogen-bond acceptors (Lipinski definition) is 5. The molecule has 3 atom stereocenters. The van der Waals surface area contributed by atoms with Gasteiger partial charge in [-0.2, -0.15) is 13.2 Å². The van der Waals surface area contributed by atoms with Gasteiger partial charge in [-0.15, -0.1) is 0 Å². The summed E-state index contributed by atoms with van der Waals surface area (Å²) in [7, 11) is 1.86. The maximum Gasteiger partial charge on any atom is 0.416 e. The molecular weight excluding hydrogens is 525 g/mol. The summed E-state index contributed by atoms with van der Waals surface area (Å²) in [6.07, 6.45) is -4.73. The number of amides is 3. The third-order valence-electron chi connectivity index (χ3n) is 6.82. The van der Waals surface area contributed by atoms with Gasteiger partial charge in [0, 0.05) is 42.8 Å². The zero-order chi connectivity index (χ0) is 29.6. The van der Waals surface area contributed by atoms with Gasteiger partial charge >= 0.3 is 12.2 Å². The molecule has 11 heteroatoms. The van der Waals surface area contributed by atoms with Crippen molar-refractivity contribution in [3.63, 3.8) is 0 Å². The highest BCUT2D eigenvalue weighted by atomic mass is 19.4. The number of ether oxygens (including phenoxy) is 1. The molecule has 2 aromatic rings. The summed E-state index contributed by atoms with van der Waals surface area (Å²) >= 11 is 0. The van der Waals surface area contributed by atoms with Crippen LogP contribution in [0.5, 0.6) is 5.75 Å². The molecule has 0 saturated carbocycles. The molecule has 1 aliphatic rings. The minimum absolute atomic E-state index is 0.0296. The number of carbonyl (C=O) groups excluding carboxylic acids is 2. The summed E-state index contributed by atoms with van der Waals surface area (Å²) in [4.78, 5) is 29.2. The topological polar surface area (TPSA) is 94.1 Å². The molecule has 0 spiro atoms. The maximum atomic E-state index is 13.3. The fourth-order valence-corrected chi connectivity index (χ4v) is 4.64. The van der Waals surface area contributed by atoms with Crippen molar-refractivity contribution in [3.8, 4) is 5.75 Å². The first-order valence-corrected chi connectivity index (χ1v) is 13.4. The second-order valence-electron chi connectivity index (χ2n) is 10.9. The fourth-order valence-electron chi connectivity index (χ4n) is 4.64. The maximum absolute atomic E-state index is 13.3. The molecule has 3 amide bonds. The lowest BCUT2D eigenvalue weighted by atomic mass is 10.0. The van der Waals surface area contributed by atoms with Crippen molar-refractivity contribution in [2.24, 2.45) is 5.92 Å². The number of nitrogens with zero attached hydrogens (tertiary/aromatic N) is 2. The van der Waals surface area contributed by atoms with E-state index in [1.54, 1.807) is 30.0 Å². The Morgan fingerprint density at radius 3 is 2.45 bits per heavy atom.